The molecule has 2 saturated heterocycles. The number of aryl methyl sites for hydroxylation is 1. The molecular weight excluding hydrogens is 424 g/mol. The van der Waals surface area contributed by atoms with E-state index in [0.29, 0.717) is 36.9 Å². The molecule has 2 aliphatic rings. The lowest BCUT2D eigenvalue weighted by molar-refractivity contribution is -0.0280. The number of piperidine rings is 1. The summed E-state index contributed by atoms with van der Waals surface area (Å²) in [6, 6.07) is 6.18. The average Bonchev–Trinajstić information content (AvgIpc) is 3.00. The van der Waals surface area contributed by atoms with Crippen LogP contribution in [0.15, 0.2) is 48.7 Å². The second-order valence-corrected chi connectivity index (χ2v) is 8.55. The first-order chi connectivity index (χ1) is 15.1. The molecule has 2 N–H and O–H groups in total. The standard InChI is InChI=1S/C24H24F4N2O2/c1-13-9-16(4-8-21(13)25)29-23(32)15-3-7-22(26)20(10-15)24(27,28)14(2)30-17-5-6-18(30)12-19(31)11-17/h3-4,7-10,17-19,31H,2,5-6,11-12H2,1H3,(H,29,32)/t17-,18+,19?. The quantitative estimate of drug-likeness (QED) is 0.625. The van der Waals surface area contributed by atoms with Gasteiger partial charge in [0, 0.05) is 23.3 Å². The first kappa shape index (κ1) is 22.3. The predicted octanol–water partition coefficient (Wildman–Crippen LogP) is 5.12. The van der Waals surface area contributed by atoms with Gasteiger partial charge in [-0.1, -0.05) is 6.58 Å². The Labute approximate surface area is 183 Å². The highest BCUT2D eigenvalue weighted by molar-refractivity contribution is 6.04. The number of anilines is 1. The van der Waals surface area contributed by atoms with Crippen molar-refractivity contribution in [3.05, 3.63) is 77.0 Å². The van der Waals surface area contributed by atoms with Crippen molar-refractivity contribution >= 4 is 11.6 Å². The molecular formula is C24H24F4N2O2. The van der Waals surface area contributed by atoms with Crippen LogP contribution in [0.4, 0.5) is 23.2 Å². The zero-order valence-corrected chi connectivity index (χ0v) is 17.5. The van der Waals surface area contributed by atoms with Crippen molar-refractivity contribution in [2.45, 2.75) is 56.7 Å². The maximum absolute atomic E-state index is 15.4. The summed E-state index contributed by atoms with van der Waals surface area (Å²) >= 11 is 0. The van der Waals surface area contributed by atoms with Crippen molar-refractivity contribution in [3.63, 3.8) is 0 Å². The summed E-state index contributed by atoms with van der Waals surface area (Å²) in [6.07, 6.45) is 1.53. The number of nitrogens with zero attached hydrogens (tertiary/aromatic N) is 1. The number of aliphatic hydroxyl groups excluding tert-OH is 1. The molecule has 2 aromatic rings. The Bertz CT molecular complexity index is 1060. The van der Waals surface area contributed by atoms with E-state index < -0.39 is 40.8 Å². The fourth-order valence-corrected chi connectivity index (χ4v) is 4.74. The molecule has 8 heteroatoms. The van der Waals surface area contributed by atoms with E-state index in [2.05, 4.69) is 11.9 Å². The minimum absolute atomic E-state index is 0.159. The second-order valence-electron chi connectivity index (χ2n) is 8.55. The second kappa shape index (κ2) is 8.24. The topological polar surface area (TPSA) is 52.6 Å². The Morgan fingerprint density at radius 3 is 2.34 bits per heavy atom. The smallest absolute Gasteiger partial charge is 0.314 e. The summed E-state index contributed by atoms with van der Waals surface area (Å²) in [5.74, 6) is -6.05. The predicted molar refractivity (Wildman–Crippen MR) is 112 cm³/mol. The third-order valence-electron chi connectivity index (χ3n) is 6.36. The summed E-state index contributed by atoms with van der Waals surface area (Å²) in [7, 11) is 0. The molecule has 2 aromatic carbocycles. The van der Waals surface area contributed by atoms with Crippen molar-refractivity contribution in [2.75, 3.05) is 5.32 Å². The Balaban J connectivity index is 1.59. The normalized spacial score (nSPS) is 22.7. The molecule has 170 valence electrons. The summed E-state index contributed by atoms with van der Waals surface area (Å²) < 4.78 is 58.8. The summed E-state index contributed by atoms with van der Waals surface area (Å²) in [4.78, 5) is 14.1. The van der Waals surface area contributed by atoms with Crippen LogP contribution in [0, 0.1) is 18.6 Å². The van der Waals surface area contributed by atoms with E-state index in [1.807, 2.05) is 0 Å². The maximum atomic E-state index is 15.4. The van der Waals surface area contributed by atoms with Crippen LogP contribution in [-0.2, 0) is 5.92 Å². The third kappa shape index (κ3) is 3.99. The van der Waals surface area contributed by atoms with E-state index in [-0.39, 0.29) is 17.6 Å². The molecule has 4 nitrogen and oxygen atoms in total. The molecule has 2 aliphatic heterocycles. The van der Waals surface area contributed by atoms with Crippen LogP contribution in [0.1, 0.15) is 47.2 Å². The Hall–Kier alpha value is -2.87. The molecule has 0 aliphatic carbocycles. The van der Waals surface area contributed by atoms with Crippen molar-refractivity contribution in [1.29, 1.82) is 0 Å². The van der Waals surface area contributed by atoms with Crippen LogP contribution in [0.25, 0.3) is 0 Å². The number of halogens is 4. The van der Waals surface area contributed by atoms with E-state index in [4.69, 9.17) is 0 Å². The molecule has 2 bridgehead atoms. The number of aliphatic hydroxyl groups is 1. The van der Waals surface area contributed by atoms with Crippen LogP contribution < -0.4 is 5.32 Å². The summed E-state index contributed by atoms with van der Waals surface area (Å²) in [6.45, 7) is 5.11. The van der Waals surface area contributed by atoms with E-state index in [1.165, 1.54) is 30.0 Å². The number of hydrogen-bond donors (Lipinski definition) is 2. The number of carbonyl (C=O) groups is 1. The van der Waals surface area contributed by atoms with Gasteiger partial charge in [-0.3, -0.25) is 4.79 Å². The van der Waals surface area contributed by atoms with Crippen LogP contribution in [0.5, 0.6) is 0 Å². The molecule has 4 rings (SSSR count). The zero-order chi connectivity index (χ0) is 23.2. The minimum atomic E-state index is -3.74. The first-order valence-corrected chi connectivity index (χ1v) is 10.5. The highest BCUT2D eigenvalue weighted by Crippen LogP contribution is 2.46. The number of benzene rings is 2. The third-order valence-corrected chi connectivity index (χ3v) is 6.36. The van der Waals surface area contributed by atoms with Crippen LogP contribution in [-0.4, -0.2) is 34.1 Å². The molecule has 0 aromatic heterocycles. The van der Waals surface area contributed by atoms with E-state index in [1.54, 1.807) is 0 Å². The fourth-order valence-electron chi connectivity index (χ4n) is 4.74. The van der Waals surface area contributed by atoms with Gasteiger partial charge in [0.15, 0.2) is 0 Å². The lowest BCUT2D eigenvalue weighted by Gasteiger charge is -2.42. The number of fused-ring (bicyclic) bond motifs is 2. The van der Waals surface area contributed by atoms with Gasteiger partial charge in [-0.05, 0) is 74.6 Å². The van der Waals surface area contributed by atoms with Gasteiger partial charge in [-0.25, -0.2) is 8.78 Å². The highest BCUT2D eigenvalue weighted by Gasteiger charge is 2.49. The molecule has 0 radical (unpaired) electrons. The van der Waals surface area contributed by atoms with Crippen LogP contribution in [0.3, 0.4) is 0 Å². The Morgan fingerprint density at radius 2 is 1.72 bits per heavy atom. The van der Waals surface area contributed by atoms with E-state index in [0.717, 1.165) is 18.2 Å². The number of allylic oxidation sites excluding steroid dienone is 1. The lowest BCUT2D eigenvalue weighted by atomic mass is 9.95. The van der Waals surface area contributed by atoms with Gasteiger partial charge < -0.3 is 15.3 Å². The number of alkyl halides is 2. The maximum Gasteiger partial charge on any atom is 0.314 e. The van der Waals surface area contributed by atoms with E-state index >= 15 is 8.78 Å². The van der Waals surface area contributed by atoms with Crippen molar-refractivity contribution in [1.82, 2.24) is 4.90 Å². The van der Waals surface area contributed by atoms with Crippen LogP contribution >= 0.6 is 0 Å². The number of hydrogen-bond acceptors (Lipinski definition) is 3. The Morgan fingerprint density at radius 1 is 1.09 bits per heavy atom. The molecule has 1 unspecified atom stereocenters. The number of amides is 1. The number of nitrogens with one attached hydrogen (secondary N) is 1. The van der Waals surface area contributed by atoms with Crippen molar-refractivity contribution in [2.24, 2.45) is 0 Å². The molecule has 32 heavy (non-hydrogen) atoms. The van der Waals surface area contributed by atoms with Gasteiger partial charge in [-0.15, -0.1) is 0 Å². The fraction of sp³-hybridized carbons (Fsp3) is 0.375. The largest absolute Gasteiger partial charge is 0.393 e. The molecule has 1 amide bonds. The highest BCUT2D eigenvalue weighted by atomic mass is 19.3. The summed E-state index contributed by atoms with van der Waals surface area (Å²) in [5, 5.41) is 12.4. The average molecular weight is 448 g/mol. The molecule has 2 fully saturated rings. The zero-order valence-electron chi connectivity index (χ0n) is 17.5. The molecule has 2 heterocycles. The van der Waals surface area contributed by atoms with Gasteiger partial charge in [0.2, 0.25) is 0 Å². The minimum Gasteiger partial charge on any atom is -0.393 e. The number of carbonyl (C=O) groups excluding carboxylic acids is 1. The summed E-state index contributed by atoms with van der Waals surface area (Å²) in [5.41, 5.74) is -1.02. The first-order valence-electron chi connectivity index (χ1n) is 10.5. The van der Waals surface area contributed by atoms with Gasteiger partial charge >= 0.3 is 5.92 Å². The van der Waals surface area contributed by atoms with Gasteiger partial charge in [0.05, 0.1) is 17.4 Å². The van der Waals surface area contributed by atoms with Crippen LogP contribution in [0.2, 0.25) is 0 Å². The lowest BCUT2D eigenvalue weighted by Crippen LogP contribution is -2.47. The number of rotatable bonds is 5. The monoisotopic (exact) mass is 448 g/mol. The van der Waals surface area contributed by atoms with E-state index in [9.17, 15) is 18.7 Å². The van der Waals surface area contributed by atoms with Gasteiger partial charge in [0.25, 0.3) is 5.91 Å². The van der Waals surface area contributed by atoms with Crippen molar-refractivity contribution in [3.8, 4) is 0 Å². The van der Waals surface area contributed by atoms with Crippen molar-refractivity contribution < 1.29 is 27.5 Å². The molecule has 0 spiro atoms. The van der Waals surface area contributed by atoms with Gasteiger partial charge in [-0.2, -0.15) is 8.78 Å². The molecule has 0 saturated carbocycles. The Kier molecular flexibility index (Phi) is 5.75. The SMILES string of the molecule is C=C(N1[C@@H]2CC[C@H]1CC(O)C2)C(F)(F)c1cc(C(=O)Nc2ccc(F)c(C)c2)ccc1F. The molecule has 3 atom stereocenters. The van der Waals surface area contributed by atoms with Gasteiger partial charge in [0.1, 0.15) is 11.6 Å².